The van der Waals surface area contributed by atoms with Gasteiger partial charge in [-0.25, -0.2) is 15.0 Å². The van der Waals surface area contributed by atoms with Crippen LogP contribution in [0, 0.1) is 6.57 Å². The van der Waals surface area contributed by atoms with Crippen LogP contribution in [0.5, 0.6) is 0 Å². The van der Waals surface area contributed by atoms with E-state index in [9.17, 15) is 21.6 Å². The maximum Gasteiger partial charge on any atom is 0.445 e. The molecule has 2 heterocycles. The van der Waals surface area contributed by atoms with Gasteiger partial charge in [-0.3, -0.25) is 9.53 Å². The first-order valence-corrected chi connectivity index (χ1v) is 11.0. The maximum atomic E-state index is 12.9. The number of hydrogen-bond donors (Lipinski definition) is 1. The Morgan fingerprint density at radius 2 is 2.03 bits per heavy atom. The Balaban J connectivity index is 1.86. The van der Waals surface area contributed by atoms with Crippen molar-refractivity contribution in [2.75, 3.05) is 0 Å². The second kappa shape index (κ2) is 6.46. The van der Waals surface area contributed by atoms with Gasteiger partial charge in [0.1, 0.15) is 5.69 Å². The van der Waals surface area contributed by atoms with Gasteiger partial charge in [0.15, 0.2) is 5.01 Å². The first kappa shape index (κ1) is 20.2. The summed E-state index contributed by atoms with van der Waals surface area (Å²) >= 11 is 3.62. The van der Waals surface area contributed by atoms with E-state index in [4.69, 9.17) is 6.57 Å². The van der Waals surface area contributed by atoms with E-state index in [1.165, 1.54) is 16.8 Å². The van der Waals surface area contributed by atoms with Crippen molar-refractivity contribution in [2.24, 2.45) is 7.05 Å². The minimum absolute atomic E-state index is 0.0829. The highest BCUT2D eigenvalue weighted by molar-refractivity contribution is 9.10. The highest BCUT2D eigenvalue weighted by Crippen LogP contribution is 2.41. The molecule has 4 rings (SSSR count). The number of alkyl halides is 3. The van der Waals surface area contributed by atoms with E-state index in [1.54, 1.807) is 7.05 Å². The molecule has 3 aromatic rings. The highest BCUT2D eigenvalue weighted by atomic mass is 79.9. The van der Waals surface area contributed by atoms with Gasteiger partial charge in [0.2, 0.25) is 15.0 Å². The average Bonchev–Trinajstić information content (AvgIpc) is 3.05. The number of aryl methyl sites for hydroxylation is 1. The summed E-state index contributed by atoms with van der Waals surface area (Å²) in [6, 6.07) is 2.66. The van der Waals surface area contributed by atoms with Crippen LogP contribution in [0.4, 0.5) is 13.2 Å². The van der Waals surface area contributed by atoms with Gasteiger partial charge in [0.05, 0.1) is 23.3 Å². The quantitative estimate of drug-likeness (QED) is 0.546. The molecule has 0 spiro atoms. The van der Waals surface area contributed by atoms with Crippen LogP contribution in [0.25, 0.3) is 26.4 Å². The molecule has 0 unspecified atom stereocenters. The predicted octanol–water partition coefficient (Wildman–Crippen LogP) is 3.56. The first-order valence-electron chi connectivity index (χ1n) is 7.96. The van der Waals surface area contributed by atoms with Crippen LogP contribution in [0.1, 0.15) is 17.8 Å². The number of benzene rings is 1. The Kier molecular flexibility index (Phi) is 4.50. The van der Waals surface area contributed by atoms with E-state index in [2.05, 4.69) is 40.8 Å². The number of sulfonamides is 1. The van der Waals surface area contributed by atoms with Crippen molar-refractivity contribution >= 4 is 48.2 Å². The van der Waals surface area contributed by atoms with Crippen LogP contribution in [-0.2, 0) is 23.2 Å². The number of aromatic nitrogens is 4. The Morgan fingerprint density at radius 3 is 2.59 bits per heavy atom. The van der Waals surface area contributed by atoms with E-state index in [-0.39, 0.29) is 15.6 Å². The van der Waals surface area contributed by atoms with Gasteiger partial charge in [0.25, 0.3) is 5.66 Å². The Labute approximate surface area is 174 Å². The third kappa shape index (κ3) is 3.52. The molecule has 1 aromatic carbocycles. The lowest BCUT2D eigenvalue weighted by atomic mass is 10.2. The van der Waals surface area contributed by atoms with Crippen molar-refractivity contribution in [3.63, 3.8) is 0 Å². The fourth-order valence-electron chi connectivity index (χ4n) is 2.75. The van der Waals surface area contributed by atoms with E-state index in [1.807, 2.05) is 0 Å². The van der Waals surface area contributed by atoms with Gasteiger partial charge in [-0.15, -0.1) is 14.9 Å². The monoisotopic (exact) mass is 506 g/mol. The number of halogens is 4. The summed E-state index contributed by atoms with van der Waals surface area (Å²) in [5, 5.41) is 10.0. The first-order chi connectivity index (χ1) is 13.5. The van der Waals surface area contributed by atoms with E-state index < -0.39 is 26.9 Å². The minimum atomic E-state index is -4.64. The molecule has 0 amide bonds. The zero-order chi connectivity index (χ0) is 21.2. The normalized spacial score (nSPS) is 16.1. The van der Waals surface area contributed by atoms with Gasteiger partial charge < -0.3 is 0 Å². The van der Waals surface area contributed by atoms with Crippen molar-refractivity contribution in [2.45, 2.75) is 29.6 Å². The fourth-order valence-corrected chi connectivity index (χ4v) is 5.74. The molecule has 1 N–H and O–H groups in total. The number of nitrogens with one attached hydrogen (secondary N) is 1. The molecule has 0 radical (unpaired) electrons. The Bertz CT molecular complexity index is 1290. The average molecular weight is 507 g/mol. The molecule has 0 bridgehead atoms. The molecule has 8 nitrogen and oxygen atoms in total. The van der Waals surface area contributed by atoms with Crippen LogP contribution in [0.2, 0.25) is 0 Å². The maximum absolute atomic E-state index is 12.9. The van der Waals surface area contributed by atoms with Crippen molar-refractivity contribution in [3.05, 3.63) is 33.0 Å². The molecule has 0 atom stereocenters. The highest BCUT2D eigenvalue weighted by Gasteiger charge is 2.54. The number of hydrogen-bond acceptors (Lipinski definition) is 6. The van der Waals surface area contributed by atoms with E-state index in [0.717, 1.165) is 0 Å². The summed E-state index contributed by atoms with van der Waals surface area (Å²) in [4.78, 5) is 3.19. The van der Waals surface area contributed by atoms with Gasteiger partial charge in [-0.1, -0.05) is 11.3 Å². The predicted molar refractivity (Wildman–Crippen MR) is 101 cm³/mol. The van der Waals surface area contributed by atoms with Crippen molar-refractivity contribution < 1.29 is 21.6 Å². The summed E-state index contributed by atoms with van der Waals surface area (Å²) in [6.07, 6.45) is -3.80. The molecule has 14 heteroatoms. The van der Waals surface area contributed by atoms with Crippen LogP contribution in [0.3, 0.4) is 0 Å². The second-order valence-electron chi connectivity index (χ2n) is 6.43. The molecule has 0 aliphatic heterocycles. The lowest BCUT2D eigenvalue weighted by Gasteiger charge is -2.09. The lowest BCUT2D eigenvalue weighted by Crippen LogP contribution is -2.34. The van der Waals surface area contributed by atoms with E-state index in [0.29, 0.717) is 39.6 Å². The number of fused-ring (bicyclic) bond motifs is 1. The molecular formula is C15H10BrF3N6O2S2. The molecule has 1 aliphatic rings. The minimum Gasteiger partial charge on any atom is -0.292 e. The Hall–Kier alpha value is -2.08. The van der Waals surface area contributed by atoms with Crippen LogP contribution in [0.15, 0.2) is 21.5 Å². The van der Waals surface area contributed by atoms with Crippen molar-refractivity contribution in [1.82, 2.24) is 24.7 Å². The van der Waals surface area contributed by atoms with E-state index >= 15 is 0 Å². The van der Waals surface area contributed by atoms with Crippen molar-refractivity contribution in [1.29, 1.82) is 0 Å². The topological polar surface area (TPSA) is 94.1 Å². The third-order valence-electron chi connectivity index (χ3n) is 4.31. The van der Waals surface area contributed by atoms with Crippen LogP contribution in [-0.4, -0.2) is 34.1 Å². The van der Waals surface area contributed by atoms with Crippen LogP contribution >= 0.6 is 27.3 Å². The third-order valence-corrected chi connectivity index (χ3v) is 7.39. The zero-order valence-corrected chi connectivity index (χ0v) is 17.7. The largest absolute Gasteiger partial charge is 0.445 e. The standard InChI is InChI=1S/C15H10BrF3N6O2S2/c1-20-14(3-4-14)24-29(26,27)7-5-8-10(23-25(2)11(8)9(16)6-7)12-21-22-13(28-12)15(17,18)19/h5-6,24H,3-4H2,2H3. The van der Waals surface area contributed by atoms with Gasteiger partial charge in [0, 0.05) is 16.9 Å². The summed E-state index contributed by atoms with van der Waals surface area (Å²) in [6.45, 7) is 7.16. The number of nitrogens with zero attached hydrogens (tertiary/aromatic N) is 5. The second-order valence-corrected chi connectivity index (χ2v) is 9.95. The van der Waals surface area contributed by atoms with Gasteiger partial charge in [-0.2, -0.15) is 18.3 Å². The fraction of sp³-hybridized carbons (Fsp3) is 0.333. The van der Waals surface area contributed by atoms with Gasteiger partial charge in [-0.05, 0) is 28.1 Å². The zero-order valence-electron chi connectivity index (χ0n) is 14.4. The summed E-state index contributed by atoms with van der Waals surface area (Å²) in [5.74, 6) is 0. The molecule has 1 aliphatic carbocycles. The number of rotatable bonds is 4. The molecule has 2 aromatic heterocycles. The summed E-state index contributed by atoms with van der Waals surface area (Å²) in [5.41, 5.74) is -0.563. The molecule has 152 valence electrons. The smallest absolute Gasteiger partial charge is 0.292 e. The summed E-state index contributed by atoms with van der Waals surface area (Å²) in [7, 11) is -2.46. The SMILES string of the molecule is [C-]#[N+]C1(NS(=O)(=O)c2cc(Br)c3c(c2)c(-c2nnc(C(F)(F)F)s2)nn3C)CC1. The van der Waals surface area contributed by atoms with Crippen LogP contribution < -0.4 is 4.72 Å². The van der Waals surface area contributed by atoms with Gasteiger partial charge >= 0.3 is 6.18 Å². The molecule has 1 saturated carbocycles. The molecular weight excluding hydrogens is 497 g/mol. The Morgan fingerprint density at radius 1 is 1.34 bits per heavy atom. The summed E-state index contributed by atoms with van der Waals surface area (Å²) < 4.78 is 68.3. The molecule has 29 heavy (non-hydrogen) atoms. The lowest BCUT2D eigenvalue weighted by molar-refractivity contribution is -0.138. The molecule has 0 saturated heterocycles. The van der Waals surface area contributed by atoms with Crippen molar-refractivity contribution in [3.8, 4) is 10.7 Å². The molecule has 1 fully saturated rings.